The Labute approximate surface area is 181 Å². The summed E-state index contributed by atoms with van der Waals surface area (Å²) in [5.41, 5.74) is 1.17. The highest BCUT2D eigenvalue weighted by molar-refractivity contribution is 5.81. The van der Waals surface area contributed by atoms with Gasteiger partial charge in [0.25, 0.3) is 0 Å². The summed E-state index contributed by atoms with van der Waals surface area (Å²) in [6.07, 6.45) is 9.70. The lowest BCUT2D eigenvalue weighted by molar-refractivity contribution is -0.139. The van der Waals surface area contributed by atoms with E-state index in [9.17, 15) is 9.59 Å². The second-order valence-electron chi connectivity index (χ2n) is 5.74. The van der Waals surface area contributed by atoms with E-state index in [1.54, 1.807) is 6.07 Å². The molecule has 0 amide bonds. The van der Waals surface area contributed by atoms with Gasteiger partial charge in [-0.05, 0) is 17.9 Å². The second-order valence-corrected chi connectivity index (χ2v) is 5.74. The highest BCUT2D eigenvalue weighted by Gasteiger charge is 2.07. The van der Waals surface area contributed by atoms with Gasteiger partial charge in [0.2, 0.25) is 0 Å². The van der Waals surface area contributed by atoms with Crippen LogP contribution >= 0.6 is 0 Å². The molecule has 0 aromatic heterocycles. The summed E-state index contributed by atoms with van der Waals surface area (Å²) in [4.78, 5) is 20.0. The first-order valence-corrected chi connectivity index (χ1v) is 9.69. The molecule has 1 N–H and O–H groups in total. The fraction of sp³-hybridized carbons (Fsp3) is 0.320. The van der Waals surface area contributed by atoms with Gasteiger partial charge >= 0.3 is 11.9 Å². The molecule has 1 aromatic carbocycles. The number of carboxylic acids is 1. The topological polar surface area (TPSA) is 87.4 Å². The maximum absolute atomic E-state index is 10.8. The molecule has 0 fully saturated rings. The molecule has 164 valence electrons. The predicted octanol–water partition coefficient (Wildman–Crippen LogP) is 6.21. The van der Waals surface area contributed by atoms with Crippen LogP contribution in [0.5, 0.6) is 0 Å². The number of carboxylic acid groups (broad SMARTS) is 1. The second kappa shape index (κ2) is 25.6. The normalized spacial score (nSPS) is 9.10. The van der Waals surface area contributed by atoms with Gasteiger partial charge in [-0.2, -0.15) is 5.26 Å². The van der Waals surface area contributed by atoms with Gasteiger partial charge in [-0.25, -0.2) is 9.59 Å². The highest BCUT2D eigenvalue weighted by Crippen LogP contribution is 2.12. The number of benzene rings is 1. The van der Waals surface area contributed by atoms with Gasteiger partial charge in [0.05, 0.1) is 12.7 Å². The van der Waals surface area contributed by atoms with Crippen LogP contribution in [0.2, 0.25) is 0 Å². The zero-order chi connectivity index (χ0) is 23.6. The van der Waals surface area contributed by atoms with E-state index in [2.05, 4.69) is 40.2 Å². The van der Waals surface area contributed by atoms with Crippen molar-refractivity contribution in [1.29, 1.82) is 5.26 Å². The van der Waals surface area contributed by atoms with Gasteiger partial charge in [0, 0.05) is 18.2 Å². The minimum absolute atomic E-state index is 0.310. The van der Waals surface area contributed by atoms with E-state index in [4.69, 9.17) is 15.1 Å². The Hall–Kier alpha value is -3.39. The van der Waals surface area contributed by atoms with E-state index in [1.165, 1.54) is 30.6 Å². The van der Waals surface area contributed by atoms with E-state index in [0.717, 1.165) is 18.9 Å². The lowest BCUT2D eigenvalue weighted by atomic mass is 10.0. The molecule has 1 aromatic rings. The van der Waals surface area contributed by atoms with Gasteiger partial charge in [-0.3, -0.25) is 0 Å². The van der Waals surface area contributed by atoms with Crippen molar-refractivity contribution in [1.82, 2.24) is 0 Å². The molecule has 30 heavy (non-hydrogen) atoms. The molecule has 0 aliphatic heterocycles. The Morgan fingerprint density at radius 1 is 1.13 bits per heavy atom. The fourth-order valence-corrected chi connectivity index (χ4v) is 1.75. The van der Waals surface area contributed by atoms with Crippen molar-refractivity contribution >= 4 is 18.0 Å². The lowest BCUT2D eigenvalue weighted by Gasteiger charge is -2.13. The molecule has 0 aliphatic rings. The zero-order valence-corrected chi connectivity index (χ0v) is 18.3. The summed E-state index contributed by atoms with van der Waals surface area (Å²) in [6, 6.07) is 11.7. The number of hydrogen-bond donors (Lipinski definition) is 1. The van der Waals surface area contributed by atoms with Gasteiger partial charge in [-0.1, -0.05) is 95.8 Å². The van der Waals surface area contributed by atoms with Crippen molar-refractivity contribution in [3.63, 3.8) is 0 Å². The summed E-state index contributed by atoms with van der Waals surface area (Å²) in [5.74, 6) is -0.774. The molecule has 1 rings (SSSR count). The van der Waals surface area contributed by atoms with E-state index in [0.29, 0.717) is 12.5 Å². The highest BCUT2D eigenvalue weighted by atomic mass is 16.5. The number of hydrogen-bond acceptors (Lipinski definition) is 4. The first-order valence-electron chi connectivity index (χ1n) is 9.69. The van der Waals surface area contributed by atoms with E-state index in [-0.39, 0.29) is 5.97 Å². The quantitative estimate of drug-likeness (QED) is 0.295. The van der Waals surface area contributed by atoms with Crippen LogP contribution in [0, 0.1) is 17.2 Å². The number of unbranched alkanes of at least 4 members (excludes halogenated alkanes) is 1. The molecule has 5 heteroatoms. The molecule has 0 radical (unpaired) electrons. The largest absolute Gasteiger partial charge is 0.478 e. The number of allylic oxidation sites excluding steroid dienone is 1. The predicted molar refractivity (Wildman–Crippen MR) is 125 cm³/mol. The number of ether oxygens (including phenoxy) is 1. The van der Waals surface area contributed by atoms with Crippen molar-refractivity contribution < 1.29 is 19.4 Å². The van der Waals surface area contributed by atoms with Crippen LogP contribution in [-0.4, -0.2) is 23.7 Å². The van der Waals surface area contributed by atoms with Crippen LogP contribution in [0.3, 0.4) is 0 Å². The summed E-state index contributed by atoms with van der Waals surface area (Å²) in [6.45, 7) is 17.9. The third-order valence-corrected chi connectivity index (χ3v) is 3.47. The number of aliphatic carboxylic acids is 1. The minimum Gasteiger partial charge on any atom is -0.478 e. The van der Waals surface area contributed by atoms with Crippen molar-refractivity contribution in [2.24, 2.45) is 5.92 Å². The Balaban J connectivity index is -0.000000363. The number of esters is 1. The van der Waals surface area contributed by atoms with Crippen molar-refractivity contribution in [2.45, 2.75) is 39.5 Å². The van der Waals surface area contributed by atoms with Crippen LogP contribution in [-0.2, 0) is 14.3 Å². The van der Waals surface area contributed by atoms with Crippen molar-refractivity contribution in [3.8, 4) is 6.07 Å². The lowest BCUT2D eigenvalue weighted by Crippen LogP contribution is -2.12. The van der Waals surface area contributed by atoms with Gasteiger partial charge in [0.15, 0.2) is 0 Å². The molecule has 0 heterocycles. The third kappa shape index (κ3) is 26.8. The van der Waals surface area contributed by atoms with E-state index >= 15 is 0 Å². The molecular formula is C25H35NO4. The number of carbonyl (C=O) groups is 2. The van der Waals surface area contributed by atoms with Crippen LogP contribution < -0.4 is 0 Å². The van der Waals surface area contributed by atoms with Gasteiger partial charge < -0.3 is 9.84 Å². The summed E-state index contributed by atoms with van der Waals surface area (Å²) in [7, 11) is 0. The van der Waals surface area contributed by atoms with Crippen LogP contribution in [0.25, 0.3) is 6.08 Å². The zero-order valence-electron chi connectivity index (χ0n) is 18.3. The minimum atomic E-state index is -0.981. The SMILES string of the molecule is C=CC#N.C=CC(=O)O.C=CC(=O)OCC(CC)CCCC.C=Cc1ccccc1. The van der Waals surface area contributed by atoms with Crippen LogP contribution in [0.15, 0.2) is 74.9 Å². The Kier molecular flexibility index (Phi) is 26.7. The first-order chi connectivity index (χ1) is 14.4. The molecular weight excluding hydrogens is 378 g/mol. The molecule has 1 atom stereocenters. The monoisotopic (exact) mass is 413 g/mol. The number of rotatable bonds is 9. The standard InChI is InChI=1S/C11H20O2.C8H8.C3H3N.C3H4O2/c1-4-7-8-10(5-2)9-13-11(12)6-3;1-2-8-6-4-3-5-7-8;1-2-3-4;1-2-3(4)5/h6,10H,3-5,7-9H2,1-2H3;2-7H,1H2;2H,1H2;2H,1H2,(H,4,5). The molecule has 0 saturated heterocycles. The van der Waals surface area contributed by atoms with Crippen molar-refractivity contribution in [2.75, 3.05) is 6.61 Å². The van der Waals surface area contributed by atoms with Crippen LogP contribution in [0.4, 0.5) is 0 Å². The molecule has 0 bridgehead atoms. The molecule has 0 aliphatic carbocycles. The number of nitrogens with zero attached hydrogens (tertiary/aromatic N) is 1. The Morgan fingerprint density at radius 3 is 1.97 bits per heavy atom. The smallest absolute Gasteiger partial charge is 0.330 e. The average molecular weight is 414 g/mol. The average Bonchev–Trinajstić information content (AvgIpc) is 2.80. The first kappa shape index (κ1) is 31.3. The summed E-state index contributed by atoms with van der Waals surface area (Å²) in [5, 5.41) is 15.1. The maximum Gasteiger partial charge on any atom is 0.330 e. The van der Waals surface area contributed by atoms with E-state index < -0.39 is 5.97 Å². The number of nitriles is 1. The fourth-order valence-electron chi connectivity index (χ4n) is 1.75. The number of carbonyl (C=O) groups excluding carboxylic acids is 1. The molecule has 1 unspecified atom stereocenters. The summed E-state index contributed by atoms with van der Waals surface area (Å²) >= 11 is 0. The summed E-state index contributed by atoms with van der Waals surface area (Å²) < 4.78 is 4.98. The maximum atomic E-state index is 10.8. The molecule has 0 spiro atoms. The Morgan fingerprint density at radius 2 is 1.67 bits per heavy atom. The molecule has 5 nitrogen and oxygen atoms in total. The van der Waals surface area contributed by atoms with Crippen LogP contribution in [0.1, 0.15) is 45.1 Å². The third-order valence-electron chi connectivity index (χ3n) is 3.47. The molecule has 0 saturated carbocycles. The van der Waals surface area contributed by atoms with Gasteiger partial charge in [-0.15, -0.1) is 0 Å². The van der Waals surface area contributed by atoms with Gasteiger partial charge in [0.1, 0.15) is 0 Å². The van der Waals surface area contributed by atoms with E-state index in [1.807, 2.05) is 36.4 Å². The Bertz CT molecular complexity index is 645. The van der Waals surface area contributed by atoms with Crippen molar-refractivity contribution in [3.05, 3.63) is 80.4 Å².